The zero-order valence-electron chi connectivity index (χ0n) is 18.0. The van der Waals surface area contributed by atoms with Gasteiger partial charge in [-0.2, -0.15) is 0 Å². The number of likely N-dealkylation sites (tertiary alicyclic amines) is 1. The van der Waals surface area contributed by atoms with Crippen molar-refractivity contribution < 1.29 is 5.11 Å². The van der Waals surface area contributed by atoms with Crippen LogP contribution in [0.15, 0.2) is 78.9 Å². The summed E-state index contributed by atoms with van der Waals surface area (Å²) < 4.78 is 0. The second kappa shape index (κ2) is 7.28. The Morgan fingerprint density at radius 3 is 2.40 bits per heavy atom. The summed E-state index contributed by atoms with van der Waals surface area (Å²) in [5.74, 6) is 0.840. The lowest BCUT2D eigenvalue weighted by molar-refractivity contribution is -0.0574. The van der Waals surface area contributed by atoms with Crippen LogP contribution in [0.2, 0.25) is 0 Å². The quantitative estimate of drug-likeness (QED) is 0.612. The highest BCUT2D eigenvalue weighted by Gasteiger charge is 2.57. The molecule has 0 saturated carbocycles. The third-order valence-electron chi connectivity index (χ3n) is 8.09. The molecule has 3 aromatic carbocycles. The zero-order chi connectivity index (χ0) is 20.8. The van der Waals surface area contributed by atoms with Crippen LogP contribution in [0.4, 0.5) is 0 Å². The van der Waals surface area contributed by atoms with Gasteiger partial charge in [0, 0.05) is 6.54 Å². The highest BCUT2D eigenvalue weighted by molar-refractivity contribution is 5.48. The van der Waals surface area contributed by atoms with Crippen LogP contribution in [-0.4, -0.2) is 23.1 Å². The average molecular weight is 398 g/mol. The van der Waals surface area contributed by atoms with Crippen LogP contribution < -0.4 is 0 Å². The number of hydrogen-bond donors (Lipinski definition) is 1. The van der Waals surface area contributed by atoms with Gasteiger partial charge in [0.15, 0.2) is 0 Å². The van der Waals surface area contributed by atoms with Gasteiger partial charge in [-0.25, -0.2) is 0 Å². The fourth-order valence-electron chi connectivity index (χ4n) is 6.24. The number of piperidine rings is 1. The van der Waals surface area contributed by atoms with E-state index in [9.17, 15) is 5.11 Å². The van der Waals surface area contributed by atoms with Gasteiger partial charge in [-0.3, -0.25) is 4.90 Å². The lowest BCUT2D eigenvalue weighted by Crippen LogP contribution is -2.65. The Hall–Kier alpha value is -2.58. The van der Waals surface area contributed by atoms with Gasteiger partial charge in [-0.15, -0.1) is 0 Å². The highest BCUT2D eigenvalue weighted by atomic mass is 16.3. The van der Waals surface area contributed by atoms with Gasteiger partial charge >= 0.3 is 0 Å². The fraction of sp³-hybridized carbons (Fsp3) is 0.357. The number of rotatable bonds is 4. The molecule has 154 valence electrons. The molecule has 1 heterocycles. The second-order valence-electron chi connectivity index (χ2n) is 9.42. The predicted molar refractivity (Wildman–Crippen MR) is 123 cm³/mol. The van der Waals surface area contributed by atoms with E-state index in [0.717, 1.165) is 32.4 Å². The largest absolute Gasteiger partial charge is 0.508 e. The van der Waals surface area contributed by atoms with Crippen molar-refractivity contribution in [1.82, 2.24) is 4.90 Å². The maximum absolute atomic E-state index is 10.2. The third-order valence-corrected chi connectivity index (χ3v) is 8.09. The Morgan fingerprint density at radius 2 is 1.67 bits per heavy atom. The third kappa shape index (κ3) is 2.89. The number of nitrogens with zero attached hydrogens (tertiary/aromatic N) is 1. The van der Waals surface area contributed by atoms with Gasteiger partial charge in [0.05, 0.1) is 5.54 Å². The maximum Gasteiger partial charge on any atom is 0.115 e. The van der Waals surface area contributed by atoms with Crippen molar-refractivity contribution in [2.75, 3.05) is 13.1 Å². The number of aromatic hydroxyl groups is 1. The summed E-state index contributed by atoms with van der Waals surface area (Å²) in [6.07, 6.45) is 3.19. The van der Waals surface area contributed by atoms with Gasteiger partial charge < -0.3 is 5.11 Å². The number of benzene rings is 3. The van der Waals surface area contributed by atoms with E-state index in [4.69, 9.17) is 0 Å². The first-order chi connectivity index (χ1) is 14.5. The Balaban J connectivity index is 1.61. The molecular weight excluding hydrogens is 366 g/mol. The van der Waals surface area contributed by atoms with Crippen molar-refractivity contribution in [3.63, 3.8) is 0 Å². The second-order valence-corrected chi connectivity index (χ2v) is 9.42. The summed E-state index contributed by atoms with van der Waals surface area (Å²) in [5.41, 5.74) is 5.61. The van der Waals surface area contributed by atoms with Crippen LogP contribution in [0.3, 0.4) is 0 Å². The lowest BCUT2D eigenvalue weighted by Gasteiger charge is -2.62. The molecule has 0 unspecified atom stereocenters. The van der Waals surface area contributed by atoms with Gasteiger partial charge in [-0.1, -0.05) is 80.6 Å². The maximum atomic E-state index is 10.2. The highest BCUT2D eigenvalue weighted by Crippen LogP contribution is 2.58. The van der Waals surface area contributed by atoms with Gasteiger partial charge in [-0.05, 0) is 71.5 Å². The van der Waals surface area contributed by atoms with E-state index in [2.05, 4.69) is 85.5 Å². The van der Waals surface area contributed by atoms with E-state index in [-0.39, 0.29) is 11.0 Å². The van der Waals surface area contributed by atoms with Crippen LogP contribution in [-0.2, 0) is 23.8 Å². The van der Waals surface area contributed by atoms with Crippen LogP contribution in [0.25, 0.3) is 0 Å². The molecule has 0 radical (unpaired) electrons. The number of fused-ring (bicyclic) bond motifs is 4. The molecule has 2 heteroatoms. The van der Waals surface area contributed by atoms with E-state index < -0.39 is 0 Å². The van der Waals surface area contributed by atoms with Crippen LogP contribution in [0.1, 0.15) is 42.5 Å². The molecule has 1 aliphatic carbocycles. The van der Waals surface area contributed by atoms with Gasteiger partial charge in [0.1, 0.15) is 5.75 Å². The summed E-state index contributed by atoms with van der Waals surface area (Å²) >= 11 is 0. The average Bonchev–Trinajstić information content (AvgIpc) is 2.78. The molecule has 2 bridgehead atoms. The Bertz CT molecular complexity index is 1030. The number of phenols is 1. The molecule has 0 amide bonds. The minimum atomic E-state index is -0.0208. The van der Waals surface area contributed by atoms with E-state index in [1.165, 1.54) is 22.3 Å². The Kier molecular flexibility index (Phi) is 4.71. The van der Waals surface area contributed by atoms with Crippen LogP contribution in [0.5, 0.6) is 5.75 Å². The van der Waals surface area contributed by atoms with Crippen LogP contribution in [0, 0.1) is 5.92 Å². The van der Waals surface area contributed by atoms with Crippen molar-refractivity contribution in [2.24, 2.45) is 5.92 Å². The summed E-state index contributed by atoms with van der Waals surface area (Å²) in [4.78, 5) is 2.76. The summed E-state index contributed by atoms with van der Waals surface area (Å²) in [6.45, 7) is 7.00. The molecule has 1 fully saturated rings. The standard InChI is InChI=1S/C28H31NO/c1-21-27(2)16-18-29(17-15-22-9-5-3-6-10-22)28(21,24-11-7-4-8-12-24)20-23-13-14-25(30)19-26(23)27/h3-14,19,21,30H,15-18,20H2,1-2H3/t21-,27-,28+/m1/s1. The normalized spacial score (nSPS) is 28.1. The van der Waals surface area contributed by atoms with Gasteiger partial charge in [0.25, 0.3) is 0 Å². The van der Waals surface area contributed by atoms with Crippen molar-refractivity contribution in [3.05, 3.63) is 101 Å². The molecule has 1 N–H and O–H groups in total. The monoisotopic (exact) mass is 397 g/mol. The van der Waals surface area contributed by atoms with E-state index in [0.29, 0.717) is 11.7 Å². The van der Waals surface area contributed by atoms with Gasteiger partial charge in [0.2, 0.25) is 0 Å². The molecular formula is C28H31NO. The molecule has 3 atom stereocenters. The SMILES string of the molecule is C[C@@H]1[C@@]2(C)CCN(CCc3ccccc3)[C@@]1(c1ccccc1)Cc1ccc(O)cc12. The molecule has 5 rings (SSSR count). The Morgan fingerprint density at radius 1 is 0.967 bits per heavy atom. The fourth-order valence-corrected chi connectivity index (χ4v) is 6.24. The minimum absolute atomic E-state index is 0.0208. The molecule has 30 heavy (non-hydrogen) atoms. The molecule has 0 spiro atoms. The topological polar surface area (TPSA) is 23.5 Å². The molecule has 3 aromatic rings. The minimum Gasteiger partial charge on any atom is -0.508 e. The van der Waals surface area contributed by atoms with E-state index >= 15 is 0 Å². The zero-order valence-corrected chi connectivity index (χ0v) is 18.0. The summed E-state index contributed by atoms with van der Waals surface area (Å²) in [7, 11) is 0. The molecule has 2 aliphatic rings. The lowest BCUT2D eigenvalue weighted by atomic mass is 9.52. The molecule has 1 saturated heterocycles. The van der Waals surface area contributed by atoms with Crippen LogP contribution >= 0.6 is 0 Å². The summed E-state index contributed by atoms with van der Waals surface area (Å²) in [5, 5.41) is 10.2. The molecule has 0 aromatic heterocycles. The Labute approximate surface area is 180 Å². The smallest absolute Gasteiger partial charge is 0.115 e. The van der Waals surface area contributed by atoms with Crippen molar-refractivity contribution in [2.45, 2.75) is 44.1 Å². The summed E-state index contributed by atoms with van der Waals surface area (Å²) in [6, 6.07) is 28.0. The molecule has 1 aliphatic heterocycles. The van der Waals surface area contributed by atoms with Crippen molar-refractivity contribution in [1.29, 1.82) is 0 Å². The first-order valence-electron chi connectivity index (χ1n) is 11.2. The van der Waals surface area contributed by atoms with E-state index in [1.807, 2.05) is 12.1 Å². The number of hydrogen-bond acceptors (Lipinski definition) is 2. The number of phenolic OH excluding ortho intramolecular Hbond substituents is 1. The van der Waals surface area contributed by atoms with Crippen molar-refractivity contribution >= 4 is 0 Å². The van der Waals surface area contributed by atoms with E-state index in [1.54, 1.807) is 0 Å². The first kappa shape index (κ1) is 19.4. The molecule has 2 nitrogen and oxygen atoms in total. The predicted octanol–water partition coefficient (Wildman–Crippen LogP) is 5.69. The van der Waals surface area contributed by atoms with Crippen molar-refractivity contribution in [3.8, 4) is 5.75 Å². The first-order valence-corrected chi connectivity index (χ1v) is 11.2.